The molecule has 0 radical (unpaired) electrons. The van der Waals surface area contributed by atoms with Crippen LogP contribution in [0.15, 0.2) is 0 Å². The quantitative estimate of drug-likeness (QED) is 0.122. The molecule has 0 spiro atoms. The van der Waals surface area contributed by atoms with Crippen molar-refractivity contribution in [1.29, 1.82) is 0 Å². The molecule has 1 N–H and O–H groups in total. The van der Waals surface area contributed by atoms with Crippen LogP contribution in [0.3, 0.4) is 0 Å². The topological polar surface area (TPSA) is 46.5 Å². The molecule has 0 aliphatic heterocycles. The summed E-state index contributed by atoms with van der Waals surface area (Å²) in [5.41, 5.74) is 0. The molecule has 30 heavy (non-hydrogen) atoms. The molecule has 0 fully saturated rings. The zero-order chi connectivity index (χ0) is 22.5. The van der Waals surface area contributed by atoms with Gasteiger partial charge in [0.05, 0.1) is 20.7 Å². The van der Waals surface area contributed by atoms with Gasteiger partial charge in [0, 0.05) is 12.7 Å². The summed E-state index contributed by atoms with van der Waals surface area (Å²) in [4.78, 5) is 11.4. The zero-order valence-corrected chi connectivity index (χ0v) is 21.4. The smallest absolute Gasteiger partial charge is 0.303 e. The second-order valence-electron chi connectivity index (χ2n) is 9.47. The van der Waals surface area contributed by atoms with Crippen molar-refractivity contribution in [2.45, 2.75) is 110 Å². The van der Waals surface area contributed by atoms with E-state index in [4.69, 9.17) is 4.74 Å². The number of carbonyl (C=O) groups excluding carboxylic acids is 1. The van der Waals surface area contributed by atoms with Crippen molar-refractivity contribution < 1.29 is 19.1 Å². The van der Waals surface area contributed by atoms with Crippen LogP contribution in [0.1, 0.15) is 104 Å². The van der Waals surface area contributed by atoms with Gasteiger partial charge >= 0.3 is 5.97 Å². The fourth-order valence-corrected chi connectivity index (χ4v) is 4.90. The minimum absolute atomic E-state index is 0.0688. The first-order valence-corrected chi connectivity index (χ1v) is 13.7. The van der Waals surface area contributed by atoms with Gasteiger partial charge in [0.15, 0.2) is 6.10 Å². The molecular weight excluding hydrogens is 394 g/mol. The number of rotatable bonds is 22. The second-order valence-corrected chi connectivity index (χ2v) is 10.6. The standard InChI is InChI=1S/C25H52NO3S/c1-5-6-7-8-9-10-11-12-13-14-15-16-17-18-21-30-23-25(29-24(2)28)22-26(3,4)19-20-27/h25,27H,5-23H2,1-4H3/q+1. The number of ether oxygens (including phenoxy) is 1. The van der Waals surface area contributed by atoms with Crippen LogP contribution in [-0.4, -0.2) is 67.0 Å². The SMILES string of the molecule is CCCCCCCCCCCCCCCCSCC(C[N+](C)(C)CCO)OC(C)=O. The van der Waals surface area contributed by atoms with Crippen molar-refractivity contribution >= 4 is 17.7 Å². The Balaban J connectivity index is 3.56. The van der Waals surface area contributed by atoms with E-state index in [2.05, 4.69) is 21.0 Å². The minimum atomic E-state index is -0.207. The lowest BCUT2D eigenvalue weighted by Crippen LogP contribution is -2.48. The lowest BCUT2D eigenvalue weighted by Gasteiger charge is -2.32. The monoisotopic (exact) mass is 446 g/mol. The van der Waals surface area contributed by atoms with E-state index in [1.807, 2.05) is 11.8 Å². The van der Waals surface area contributed by atoms with E-state index in [1.165, 1.54) is 96.8 Å². The predicted octanol–water partition coefficient (Wildman–Crippen LogP) is 6.20. The van der Waals surface area contributed by atoms with E-state index in [0.29, 0.717) is 11.0 Å². The molecule has 180 valence electrons. The summed E-state index contributed by atoms with van der Waals surface area (Å²) >= 11 is 1.90. The van der Waals surface area contributed by atoms with Crippen LogP contribution >= 0.6 is 11.8 Å². The molecule has 5 heteroatoms. The second kappa shape index (κ2) is 20.6. The van der Waals surface area contributed by atoms with Crippen molar-refractivity contribution in [2.75, 3.05) is 45.3 Å². The minimum Gasteiger partial charge on any atom is -0.456 e. The molecule has 0 rings (SSSR count). The number of unbranched alkanes of at least 4 members (excludes halogenated alkanes) is 13. The molecule has 1 atom stereocenters. The first-order chi connectivity index (χ1) is 14.4. The van der Waals surface area contributed by atoms with Crippen LogP contribution < -0.4 is 0 Å². The first kappa shape index (κ1) is 29.7. The Morgan fingerprint density at radius 1 is 0.867 bits per heavy atom. The Hall–Kier alpha value is -0.260. The Morgan fingerprint density at radius 3 is 1.77 bits per heavy atom. The molecule has 0 aromatic rings. The third-order valence-electron chi connectivity index (χ3n) is 5.68. The summed E-state index contributed by atoms with van der Waals surface area (Å²) in [6, 6.07) is 0. The Morgan fingerprint density at radius 2 is 1.33 bits per heavy atom. The van der Waals surface area contributed by atoms with Gasteiger partial charge in [-0.2, -0.15) is 11.8 Å². The Labute approximate surface area is 192 Å². The molecule has 0 saturated heterocycles. The van der Waals surface area contributed by atoms with Crippen LogP contribution in [0.25, 0.3) is 0 Å². The van der Waals surface area contributed by atoms with Gasteiger partial charge in [0.2, 0.25) is 0 Å². The molecule has 0 aromatic heterocycles. The van der Waals surface area contributed by atoms with E-state index in [0.717, 1.165) is 18.1 Å². The fourth-order valence-electron chi connectivity index (χ4n) is 3.89. The maximum Gasteiger partial charge on any atom is 0.303 e. The summed E-state index contributed by atoms with van der Waals surface area (Å²) in [5, 5.41) is 9.19. The molecule has 4 nitrogen and oxygen atoms in total. The molecule has 0 saturated carbocycles. The number of carbonyl (C=O) groups is 1. The largest absolute Gasteiger partial charge is 0.456 e. The number of likely N-dealkylation sites (N-methyl/N-ethyl adjacent to an activating group) is 1. The number of esters is 1. The summed E-state index contributed by atoms with van der Waals surface area (Å²) in [5.74, 6) is 1.79. The summed E-state index contributed by atoms with van der Waals surface area (Å²) in [6.07, 6.45) is 19.4. The number of hydrogen-bond acceptors (Lipinski definition) is 4. The zero-order valence-electron chi connectivity index (χ0n) is 20.6. The number of aliphatic hydroxyl groups is 1. The van der Waals surface area contributed by atoms with Crippen molar-refractivity contribution in [2.24, 2.45) is 0 Å². The van der Waals surface area contributed by atoms with Gasteiger partial charge in [-0.05, 0) is 12.2 Å². The van der Waals surface area contributed by atoms with Gasteiger partial charge in [0.25, 0.3) is 0 Å². The van der Waals surface area contributed by atoms with Crippen LogP contribution in [0.5, 0.6) is 0 Å². The third kappa shape index (κ3) is 21.0. The van der Waals surface area contributed by atoms with E-state index < -0.39 is 0 Å². The van der Waals surface area contributed by atoms with Crippen LogP contribution in [0.2, 0.25) is 0 Å². The van der Waals surface area contributed by atoms with Crippen molar-refractivity contribution in [1.82, 2.24) is 0 Å². The van der Waals surface area contributed by atoms with Crippen molar-refractivity contribution in [3.8, 4) is 0 Å². The highest BCUT2D eigenvalue weighted by molar-refractivity contribution is 7.99. The molecule has 0 heterocycles. The van der Waals surface area contributed by atoms with Gasteiger partial charge in [-0.25, -0.2) is 0 Å². The van der Waals surface area contributed by atoms with E-state index in [9.17, 15) is 9.90 Å². The number of aliphatic hydroxyl groups excluding tert-OH is 1. The third-order valence-corrected chi connectivity index (χ3v) is 6.87. The average molecular weight is 447 g/mol. The normalized spacial score (nSPS) is 12.8. The van der Waals surface area contributed by atoms with Crippen LogP contribution in [-0.2, 0) is 9.53 Å². The molecule has 1 unspecified atom stereocenters. The summed E-state index contributed by atoms with van der Waals surface area (Å²) < 4.78 is 6.17. The number of hydrogen-bond donors (Lipinski definition) is 1. The van der Waals surface area contributed by atoms with Crippen molar-refractivity contribution in [3.05, 3.63) is 0 Å². The molecule has 0 bridgehead atoms. The molecular formula is C25H52NO3S+. The number of quaternary nitrogens is 1. The van der Waals surface area contributed by atoms with Gasteiger partial charge < -0.3 is 14.3 Å². The molecule has 0 aliphatic rings. The maximum atomic E-state index is 11.4. The average Bonchev–Trinajstić information content (AvgIpc) is 2.66. The molecule has 0 amide bonds. The van der Waals surface area contributed by atoms with Gasteiger partial charge in [-0.1, -0.05) is 90.4 Å². The Kier molecular flexibility index (Phi) is 20.5. The first-order valence-electron chi connectivity index (χ1n) is 12.6. The van der Waals surface area contributed by atoms with Crippen LogP contribution in [0.4, 0.5) is 0 Å². The van der Waals surface area contributed by atoms with Crippen molar-refractivity contribution in [3.63, 3.8) is 0 Å². The maximum absolute atomic E-state index is 11.4. The fraction of sp³-hybridized carbons (Fsp3) is 0.960. The molecule has 0 aromatic carbocycles. The lowest BCUT2D eigenvalue weighted by molar-refractivity contribution is -0.893. The molecule has 0 aliphatic carbocycles. The van der Waals surface area contributed by atoms with Gasteiger partial charge in [-0.3, -0.25) is 4.79 Å². The number of nitrogens with zero attached hydrogens (tertiary/aromatic N) is 1. The highest BCUT2D eigenvalue weighted by Gasteiger charge is 2.23. The van der Waals surface area contributed by atoms with E-state index in [-0.39, 0.29) is 18.7 Å². The lowest BCUT2D eigenvalue weighted by atomic mass is 10.0. The number of thioether (sulfide) groups is 1. The summed E-state index contributed by atoms with van der Waals surface area (Å²) in [7, 11) is 4.15. The summed E-state index contributed by atoms with van der Waals surface area (Å²) in [6.45, 7) is 5.36. The van der Waals surface area contributed by atoms with E-state index in [1.54, 1.807) is 0 Å². The highest BCUT2D eigenvalue weighted by atomic mass is 32.2. The van der Waals surface area contributed by atoms with Gasteiger partial charge in [-0.15, -0.1) is 0 Å². The Bertz CT molecular complexity index is 391. The van der Waals surface area contributed by atoms with E-state index >= 15 is 0 Å². The predicted molar refractivity (Wildman–Crippen MR) is 132 cm³/mol. The van der Waals surface area contributed by atoms with Crippen LogP contribution in [0, 0.1) is 0 Å². The highest BCUT2D eigenvalue weighted by Crippen LogP contribution is 2.15. The van der Waals surface area contributed by atoms with Gasteiger partial charge in [0.1, 0.15) is 13.1 Å².